The van der Waals surface area contributed by atoms with Gasteiger partial charge in [-0.15, -0.1) is 11.3 Å². The minimum Gasteiger partial charge on any atom is -0.479 e. The second-order valence-corrected chi connectivity index (χ2v) is 5.69. The molecule has 6 heteroatoms. The number of hydrogen-bond acceptors (Lipinski definition) is 3. The van der Waals surface area contributed by atoms with Crippen molar-refractivity contribution in [1.82, 2.24) is 5.32 Å². The summed E-state index contributed by atoms with van der Waals surface area (Å²) in [4.78, 5) is 24.0. The second-order valence-electron chi connectivity index (χ2n) is 4.28. The van der Waals surface area contributed by atoms with Crippen molar-refractivity contribution in [3.8, 4) is 0 Å². The first-order valence-electron chi connectivity index (χ1n) is 5.81. The van der Waals surface area contributed by atoms with Crippen molar-refractivity contribution in [3.05, 3.63) is 56.7 Å². The monoisotopic (exact) mass is 309 g/mol. The molecule has 104 valence electrons. The lowest BCUT2D eigenvalue weighted by Crippen LogP contribution is -2.33. The molecule has 0 bridgehead atoms. The minimum atomic E-state index is -1.10. The second kappa shape index (κ2) is 6.07. The van der Waals surface area contributed by atoms with Gasteiger partial charge in [0.25, 0.3) is 5.91 Å². The van der Waals surface area contributed by atoms with Crippen molar-refractivity contribution in [2.24, 2.45) is 0 Å². The van der Waals surface area contributed by atoms with E-state index in [1.807, 2.05) is 6.92 Å². The third-order valence-corrected chi connectivity index (χ3v) is 3.81. The highest BCUT2D eigenvalue weighted by Crippen LogP contribution is 2.21. The van der Waals surface area contributed by atoms with Gasteiger partial charge in [-0.05, 0) is 42.1 Å². The number of amides is 1. The van der Waals surface area contributed by atoms with E-state index in [0.717, 1.165) is 5.56 Å². The molecule has 0 fully saturated rings. The summed E-state index contributed by atoms with van der Waals surface area (Å²) >= 11 is 7.18. The molecule has 2 N–H and O–H groups in total. The minimum absolute atomic E-state index is 0.345. The van der Waals surface area contributed by atoms with Crippen molar-refractivity contribution < 1.29 is 14.7 Å². The molecule has 2 aromatic rings. The molecule has 2 rings (SSSR count). The van der Waals surface area contributed by atoms with Crippen LogP contribution in [-0.2, 0) is 4.79 Å². The summed E-state index contributed by atoms with van der Waals surface area (Å²) in [6.45, 7) is 1.82. The van der Waals surface area contributed by atoms with E-state index in [4.69, 9.17) is 11.6 Å². The number of aliphatic carboxylic acids is 1. The number of carbonyl (C=O) groups is 2. The molecule has 1 amide bonds. The van der Waals surface area contributed by atoms with E-state index in [1.54, 1.807) is 29.6 Å². The van der Waals surface area contributed by atoms with Gasteiger partial charge < -0.3 is 10.4 Å². The molecule has 0 aliphatic carbocycles. The molecule has 0 spiro atoms. The van der Waals surface area contributed by atoms with Crippen LogP contribution in [0.4, 0.5) is 0 Å². The molecule has 1 atom stereocenters. The molecule has 1 aromatic carbocycles. The summed E-state index contributed by atoms with van der Waals surface area (Å²) < 4.78 is 0. The van der Waals surface area contributed by atoms with Gasteiger partial charge in [-0.25, -0.2) is 4.79 Å². The van der Waals surface area contributed by atoms with Crippen LogP contribution in [0.5, 0.6) is 0 Å². The van der Waals surface area contributed by atoms with Crippen LogP contribution < -0.4 is 5.32 Å². The number of thiophene rings is 1. The first-order chi connectivity index (χ1) is 9.47. The maximum Gasteiger partial charge on any atom is 0.331 e. The fourth-order valence-electron chi connectivity index (χ4n) is 1.79. The lowest BCUT2D eigenvalue weighted by molar-refractivity contribution is -0.139. The Kier molecular flexibility index (Phi) is 4.42. The van der Waals surface area contributed by atoms with Gasteiger partial charge in [0, 0.05) is 15.5 Å². The standard InChI is InChI=1S/C14H12ClNO3S/c1-8-5-9(7-10(15)6-8)13(17)16-12(14(18)19)11-3-2-4-20-11/h2-7,12H,1H3,(H,16,17)(H,18,19). The first kappa shape index (κ1) is 14.6. The topological polar surface area (TPSA) is 66.4 Å². The fourth-order valence-corrected chi connectivity index (χ4v) is 2.85. The number of halogens is 1. The summed E-state index contributed by atoms with van der Waals surface area (Å²) in [7, 11) is 0. The molecule has 4 nitrogen and oxygen atoms in total. The van der Waals surface area contributed by atoms with Gasteiger partial charge in [-0.2, -0.15) is 0 Å². The Morgan fingerprint density at radius 1 is 1.35 bits per heavy atom. The number of rotatable bonds is 4. The van der Waals surface area contributed by atoms with E-state index in [1.165, 1.54) is 17.4 Å². The van der Waals surface area contributed by atoms with Crippen LogP contribution >= 0.6 is 22.9 Å². The maximum absolute atomic E-state index is 12.1. The van der Waals surface area contributed by atoms with Crippen molar-refractivity contribution in [3.63, 3.8) is 0 Å². The van der Waals surface area contributed by atoms with Crippen LogP contribution in [0.25, 0.3) is 0 Å². The molecule has 0 radical (unpaired) electrons. The smallest absolute Gasteiger partial charge is 0.331 e. The van der Waals surface area contributed by atoms with Crippen molar-refractivity contribution in [1.29, 1.82) is 0 Å². The van der Waals surface area contributed by atoms with Crippen LogP contribution in [0.3, 0.4) is 0 Å². The van der Waals surface area contributed by atoms with Crippen molar-refractivity contribution in [2.75, 3.05) is 0 Å². The summed E-state index contributed by atoms with van der Waals surface area (Å²) in [6.07, 6.45) is 0. The Morgan fingerprint density at radius 3 is 2.65 bits per heavy atom. The van der Waals surface area contributed by atoms with Crippen molar-refractivity contribution in [2.45, 2.75) is 13.0 Å². The van der Waals surface area contributed by atoms with Gasteiger partial charge in [0.05, 0.1) is 0 Å². The zero-order chi connectivity index (χ0) is 14.7. The Bertz CT molecular complexity index is 620. The van der Waals surface area contributed by atoms with Gasteiger partial charge in [-0.1, -0.05) is 17.7 Å². The van der Waals surface area contributed by atoms with Gasteiger partial charge in [0.2, 0.25) is 0 Å². The van der Waals surface area contributed by atoms with Gasteiger partial charge in [-0.3, -0.25) is 4.79 Å². The SMILES string of the molecule is Cc1cc(Cl)cc(C(=O)NC(C(=O)O)c2cccs2)c1. The predicted octanol–water partition coefficient (Wildman–Crippen LogP) is 3.27. The molecule has 0 aliphatic rings. The molecular weight excluding hydrogens is 298 g/mol. The molecule has 1 heterocycles. The number of benzene rings is 1. The van der Waals surface area contributed by atoms with Crippen LogP contribution in [0.15, 0.2) is 35.7 Å². The number of aryl methyl sites for hydroxylation is 1. The highest BCUT2D eigenvalue weighted by molar-refractivity contribution is 7.10. The zero-order valence-corrected chi connectivity index (χ0v) is 12.2. The van der Waals surface area contributed by atoms with Crippen LogP contribution in [-0.4, -0.2) is 17.0 Å². The van der Waals surface area contributed by atoms with E-state index < -0.39 is 17.9 Å². The number of carboxylic acids is 1. The maximum atomic E-state index is 12.1. The zero-order valence-electron chi connectivity index (χ0n) is 10.6. The highest BCUT2D eigenvalue weighted by Gasteiger charge is 2.23. The fraction of sp³-hybridized carbons (Fsp3) is 0.143. The number of hydrogen-bond donors (Lipinski definition) is 2. The Hall–Kier alpha value is -1.85. The van der Waals surface area contributed by atoms with Gasteiger partial charge in [0.15, 0.2) is 6.04 Å². The van der Waals surface area contributed by atoms with Crippen LogP contribution in [0.1, 0.15) is 26.8 Å². The van der Waals surface area contributed by atoms with Crippen LogP contribution in [0.2, 0.25) is 5.02 Å². The molecule has 0 saturated heterocycles. The Labute approximate surface area is 125 Å². The number of carboxylic acid groups (broad SMARTS) is 1. The number of nitrogens with one attached hydrogen (secondary N) is 1. The summed E-state index contributed by atoms with van der Waals surface area (Å²) in [5.74, 6) is -1.56. The van der Waals surface area contributed by atoms with E-state index >= 15 is 0 Å². The molecule has 1 unspecified atom stereocenters. The average Bonchev–Trinajstić information content (AvgIpc) is 2.87. The van der Waals surface area contributed by atoms with E-state index in [2.05, 4.69) is 5.32 Å². The summed E-state index contributed by atoms with van der Waals surface area (Å²) in [6, 6.07) is 7.26. The molecule has 0 saturated carbocycles. The molecular formula is C14H12ClNO3S. The van der Waals surface area contributed by atoms with E-state index in [0.29, 0.717) is 15.5 Å². The quantitative estimate of drug-likeness (QED) is 0.911. The normalized spacial score (nSPS) is 11.9. The number of carbonyl (C=O) groups excluding carboxylic acids is 1. The molecule has 0 aliphatic heterocycles. The lowest BCUT2D eigenvalue weighted by Gasteiger charge is -2.13. The predicted molar refractivity (Wildman–Crippen MR) is 78.4 cm³/mol. The Morgan fingerprint density at radius 2 is 2.10 bits per heavy atom. The summed E-state index contributed by atoms with van der Waals surface area (Å²) in [5.41, 5.74) is 1.18. The average molecular weight is 310 g/mol. The van der Waals surface area contributed by atoms with Crippen molar-refractivity contribution >= 4 is 34.8 Å². The summed E-state index contributed by atoms with van der Waals surface area (Å²) in [5, 5.41) is 13.9. The van der Waals surface area contributed by atoms with Gasteiger partial charge >= 0.3 is 5.97 Å². The highest BCUT2D eigenvalue weighted by atomic mass is 35.5. The first-order valence-corrected chi connectivity index (χ1v) is 7.07. The van der Waals surface area contributed by atoms with Crippen LogP contribution in [0, 0.1) is 6.92 Å². The largest absolute Gasteiger partial charge is 0.479 e. The lowest BCUT2D eigenvalue weighted by atomic mass is 10.1. The third kappa shape index (κ3) is 3.37. The molecule has 20 heavy (non-hydrogen) atoms. The third-order valence-electron chi connectivity index (χ3n) is 2.65. The van der Waals surface area contributed by atoms with Gasteiger partial charge in [0.1, 0.15) is 0 Å². The Balaban J connectivity index is 2.23. The molecule has 1 aromatic heterocycles. The van der Waals surface area contributed by atoms with E-state index in [-0.39, 0.29) is 0 Å². The van der Waals surface area contributed by atoms with E-state index in [9.17, 15) is 14.7 Å².